The number of esters is 1. The van der Waals surface area contributed by atoms with Gasteiger partial charge in [0, 0.05) is 35.1 Å². The normalized spacial score (nSPS) is 15.6. The third-order valence-electron chi connectivity index (χ3n) is 5.56. The van der Waals surface area contributed by atoms with Gasteiger partial charge in [0.25, 0.3) is 0 Å². The molecule has 3 aromatic rings. The largest absolute Gasteiger partial charge is 0.462 e. The Balaban J connectivity index is 1.78. The van der Waals surface area contributed by atoms with Gasteiger partial charge in [0.1, 0.15) is 5.65 Å². The zero-order valence-electron chi connectivity index (χ0n) is 15.9. The summed E-state index contributed by atoms with van der Waals surface area (Å²) in [6.07, 6.45) is 12.2. The Morgan fingerprint density at radius 3 is 3.00 bits per heavy atom. The summed E-state index contributed by atoms with van der Waals surface area (Å²) in [7, 11) is 0. The second kappa shape index (κ2) is 7.85. The van der Waals surface area contributed by atoms with Crippen molar-refractivity contribution in [2.24, 2.45) is 5.92 Å². The highest BCUT2D eigenvalue weighted by Crippen LogP contribution is 2.37. The van der Waals surface area contributed by atoms with Gasteiger partial charge in [-0.2, -0.15) is 10.4 Å². The summed E-state index contributed by atoms with van der Waals surface area (Å²) in [6.45, 7) is 2.08. The Labute approximate surface area is 163 Å². The van der Waals surface area contributed by atoms with Crippen LogP contribution in [0.4, 0.5) is 0 Å². The average Bonchev–Trinajstić information content (AvgIpc) is 3.47. The van der Waals surface area contributed by atoms with Gasteiger partial charge in [0.2, 0.25) is 0 Å². The number of hydrogen-bond donors (Lipinski definition) is 1. The van der Waals surface area contributed by atoms with E-state index in [-0.39, 0.29) is 6.04 Å². The van der Waals surface area contributed by atoms with Crippen molar-refractivity contribution in [2.75, 3.05) is 6.61 Å². The summed E-state index contributed by atoms with van der Waals surface area (Å²) >= 11 is 0. The molecule has 0 radical (unpaired) electrons. The molecule has 0 amide bonds. The second-order valence-corrected chi connectivity index (χ2v) is 7.19. The van der Waals surface area contributed by atoms with E-state index in [4.69, 9.17) is 4.74 Å². The van der Waals surface area contributed by atoms with E-state index in [1.54, 1.807) is 25.5 Å². The minimum absolute atomic E-state index is 0.0656. The number of nitriles is 1. The van der Waals surface area contributed by atoms with E-state index in [1.807, 2.05) is 16.9 Å². The summed E-state index contributed by atoms with van der Waals surface area (Å²) in [6, 6.07) is 4.28. The summed E-state index contributed by atoms with van der Waals surface area (Å²) in [5.74, 6) is 0.0758. The highest BCUT2D eigenvalue weighted by molar-refractivity contribution is 6.06. The van der Waals surface area contributed by atoms with Crippen molar-refractivity contribution >= 4 is 17.0 Å². The van der Waals surface area contributed by atoms with Gasteiger partial charge < -0.3 is 9.72 Å². The van der Waals surface area contributed by atoms with Crippen molar-refractivity contribution in [1.29, 1.82) is 5.26 Å². The lowest BCUT2D eigenvalue weighted by atomic mass is 9.96. The van der Waals surface area contributed by atoms with Gasteiger partial charge in [-0.25, -0.2) is 9.78 Å². The SMILES string of the molecule is CCOC(=O)c1cnc2[nH]ccc2c1-c1cnn([C@H](CC#N)C2CCCC2)c1. The molecule has 1 aliphatic carbocycles. The molecule has 7 nitrogen and oxygen atoms in total. The van der Waals surface area contributed by atoms with Gasteiger partial charge in [0.05, 0.1) is 36.9 Å². The zero-order valence-corrected chi connectivity index (χ0v) is 15.9. The molecule has 0 bridgehead atoms. The van der Waals surface area contributed by atoms with E-state index >= 15 is 0 Å². The van der Waals surface area contributed by atoms with E-state index in [2.05, 4.69) is 21.1 Å². The van der Waals surface area contributed by atoms with Crippen LogP contribution in [0.15, 0.2) is 30.9 Å². The molecule has 0 spiro atoms. The van der Waals surface area contributed by atoms with Crippen LogP contribution in [0.25, 0.3) is 22.2 Å². The predicted octanol–water partition coefficient (Wildman–Crippen LogP) is 4.25. The van der Waals surface area contributed by atoms with E-state index in [0.717, 1.165) is 29.4 Å². The first-order valence-electron chi connectivity index (χ1n) is 9.77. The standard InChI is InChI=1S/C21H23N5O2/c1-2-28-21(27)17-12-24-20-16(8-10-23-20)19(17)15-11-25-26(13-15)18(7-9-22)14-5-3-4-6-14/h8,10-14,18H,2-7H2,1H3,(H,23,24)/t18-/m1/s1. The number of H-pyrrole nitrogens is 1. The van der Waals surface area contributed by atoms with E-state index in [1.165, 1.54) is 12.8 Å². The van der Waals surface area contributed by atoms with Crippen LogP contribution in [0.5, 0.6) is 0 Å². The Morgan fingerprint density at radius 1 is 1.43 bits per heavy atom. The maximum Gasteiger partial charge on any atom is 0.340 e. The fraction of sp³-hybridized carbons (Fsp3) is 0.429. The molecule has 4 rings (SSSR count). The van der Waals surface area contributed by atoms with E-state index in [9.17, 15) is 10.1 Å². The summed E-state index contributed by atoms with van der Waals surface area (Å²) in [5.41, 5.74) is 2.72. The molecule has 3 heterocycles. The number of carbonyl (C=O) groups excluding carboxylic acids is 1. The fourth-order valence-electron chi connectivity index (χ4n) is 4.24. The number of ether oxygens (including phenoxy) is 1. The number of pyridine rings is 1. The maximum absolute atomic E-state index is 12.5. The topological polar surface area (TPSA) is 96.6 Å². The first kappa shape index (κ1) is 18.2. The molecule has 1 N–H and O–H groups in total. The van der Waals surface area contributed by atoms with Crippen molar-refractivity contribution in [1.82, 2.24) is 19.7 Å². The molecule has 1 aliphatic rings. The summed E-state index contributed by atoms with van der Waals surface area (Å²) in [5, 5.41) is 14.7. The number of aromatic nitrogens is 4. The van der Waals surface area contributed by atoms with Crippen molar-refractivity contribution < 1.29 is 9.53 Å². The number of nitrogens with zero attached hydrogens (tertiary/aromatic N) is 4. The van der Waals surface area contributed by atoms with Crippen LogP contribution in [0.1, 0.15) is 55.4 Å². The Kier molecular flexibility index (Phi) is 5.11. The number of aromatic amines is 1. The van der Waals surface area contributed by atoms with E-state index < -0.39 is 5.97 Å². The van der Waals surface area contributed by atoms with Gasteiger partial charge in [-0.05, 0) is 31.7 Å². The molecule has 1 fully saturated rings. The van der Waals surface area contributed by atoms with Crippen LogP contribution in [0.3, 0.4) is 0 Å². The summed E-state index contributed by atoms with van der Waals surface area (Å²) in [4.78, 5) is 19.9. The second-order valence-electron chi connectivity index (χ2n) is 7.19. The lowest BCUT2D eigenvalue weighted by Gasteiger charge is -2.21. The number of nitrogens with one attached hydrogen (secondary N) is 1. The number of fused-ring (bicyclic) bond motifs is 1. The van der Waals surface area contributed by atoms with Crippen LogP contribution in [0.2, 0.25) is 0 Å². The first-order chi connectivity index (χ1) is 13.7. The van der Waals surface area contributed by atoms with Crippen LogP contribution < -0.4 is 0 Å². The van der Waals surface area contributed by atoms with Gasteiger partial charge in [-0.1, -0.05) is 12.8 Å². The monoisotopic (exact) mass is 377 g/mol. The van der Waals surface area contributed by atoms with Crippen LogP contribution in [-0.2, 0) is 4.74 Å². The van der Waals surface area contributed by atoms with Crippen molar-refractivity contribution in [3.05, 3.63) is 36.4 Å². The minimum Gasteiger partial charge on any atom is -0.462 e. The molecular weight excluding hydrogens is 354 g/mol. The molecule has 1 saturated carbocycles. The lowest BCUT2D eigenvalue weighted by Crippen LogP contribution is -2.17. The molecule has 0 aromatic carbocycles. The number of hydrogen-bond acceptors (Lipinski definition) is 5. The fourth-order valence-corrected chi connectivity index (χ4v) is 4.24. The number of carbonyl (C=O) groups is 1. The highest BCUT2D eigenvalue weighted by atomic mass is 16.5. The van der Waals surface area contributed by atoms with Crippen molar-refractivity contribution in [2.45, 2.75) is 45.1 Å². The third-order valence-corrected chi connectivity index (χ3v) is 5.56. The van der Waals surface area contributed by atoms with Gasteiger partial charge in [0.15, 0.2) is 0 Å². The van der Waals surface area contributed by atoms with Crippen molar-refractivity contribution in [3.63, 3.8) is 0 Å². The molecule has 28 heavy (non-hydrogen) atoms. The quantitative estimate of drug-likeness (QED) is 0.648. The molecule has 0 aliphatic heterocycles. The predicted molar refractivity (Wildman–Crippen MR) is 104 cm³/mol. The zero-order chi connectivity index (χ0) is 19.5. The first-order valence-corrected chi connectivity index (χ1v) is 9.77. The van der Waals surface area contributed by atoms with Crippen LogP contribution in [-0.4, -0.2) is 32.3 Å². The lowest BCUT2D eigenvalue weighted by molar-refractivity contribution is 0.0527. The Morgan fingerprint density at radius 2 is 2.25 bits per heavy atom. The summed E-state index contributed by atoms with van der Waals surface area (Å²) < 4.78 is 7.14. The molecule has 3 aromatic heterocycles. The van der Waals surface area contributed by atoms with Gasteiger partial charge in [-0.3, -0.25) is 4.68 Å². The van der Waals surface area contributed by atoms with Crippen LogP contribution >= 0.6 is 0 Å². The van der Waals surface area contributed by atoms with Crippen LogP contribution in [0, 0.1) is 17.2 Å². The smallest absolute Gasteiger partial charge is 0.340 e. The molecule has 1 atom stereocenters. The molecule has 144 valence electrons. The Hall–Kier alpha value is -3.14. The van der Waals surface area contributed by atoms with Crippen molar-refractivity contribution in [3.8, 4) is 17.2 Å². The van der Waals surface area contributed by atoms with E-state index in [0.29, 0.717) is 30.2 Å². The minimum atomic E-state index is -0.398. The molecule has 0 saturated heterocycles. The van der Waals surface area contributed by atoms with Gasteiger partial charge in [-0.15, -0.1) is 0 Å². The van der Waals surface area contributed by atoms with Gasteiger partial charge >= 0.3 is 5.97 Å². The molecular formula is C21H23N5O2. The third kappa shape index (κ3) is 3.26. The molecule has 7 heteroatoms. The highest BCUT2D eigenvalue weighted by Gasteiger charge is 2.28. The average molecular weight is 377 g/mol. The number of rotatable bonds is 6. The maximum atomic E-state index is 12.5. The Bertz CT molecular complexity index is 1020. The molecule has 0 unspecified atom stereocenters.